The Bertz CT molecular complexity index is 366. The molecule has 0 bridgehead atoms. The number of nitrogens with zero attached hydrogens (tertiary/aromatic N) is 1. The number of benzene rings is 1. The summed E-state index contributed by atoms with van der Waals surface area (Å²) in [7, 11) is 1.41. The van der Waals surface area contributed by atoms with E-state index in [9.17, 15) is 4.79 Å². The van der Waals surface area contributed by atoms with E-state index >= 15 is 0 Å². The molecule has 0 saturated carbocycles. The summed E-state index contributed by atoms with van der Waals surface area (Å²) in [5, 5.41) is 0. The van der Waals surface area contributed by atoms with Crippen LogP contribution in [0.25, 0.3) is 0 Å². The average Bonchev–Trinajstić information content (AvgIpc) is 2.40. The predicted molar refractivity (Wildman–Crippen MR) is 63.5 cm³/mol. The van der Waals surface area contributed by atoms with Crippen LogP contribution in [-0.4, -0.2) is 43.8 Å². The van der Waals surface area contributed by atoms with Gasteiger partial charge in [0, 0.05) is 13.1 Å². The quantitative estimate of drug-likeness (QED) is 0.734. The molecule has 4 nitrogen and oxygen atoms in total. The molecule has 1 aliphatic heterocycles. The summed E-state index contributed by atoms with van der Waals surface area (Å²) in [6.07, 6.45) is 0. The second-order valence-electron chi connectivity index (χ2n) is 4.07. The molecule has 0 spiro atoms. The topological polar surface area (TPSA) is 38.8 Å². The molecule has 1 aromatic carbocycles. The second kappa shape index (κ2) is 5.80. The van der Waals surface area contributed by atoms with Crippen molar-refractivity contribution in [1.29, 1.82) is 0 Å². The van der Waals surface area contributed by atoms with Gasteiger partial charge in [-0.2, -0.15) is 0 Å². The number of hydrogen-bond acceptors (Lipinski definition) is 4. The van der Waals surface area contributed by atoms with E-state index < -0.39 is 0 Å². The highest BCUT2D eigenvalue weighted by Gasteiger charge is 2.29. The number of ether oxygens (including phenoxy) is 2. The fourth-order valence-electron chi connectivity index (χ4n) is 2.00. The molecule has 1 aromatic rings. The highest BCUT2D eigenvalue weighted by atomic mass is 16.5. The van der Waals surface area contributed by atoms with Gasteiger partial charge in [0.25, 0.3) is 0 Å². The second-order valence-corrected chi connectivity index (χ2v) is 4.07. The number of hydrogen-bond donors (Lipinski definition) is 0. The molecule has 1 heterocycles. The molecule has 17 heavy (non-hydrogen) atoms. The Labute approximate surface area is 101 Å². The molecular formula is C13H17NO3. The van der Waals surface area contributed by atoms with Gasteiger partial charge in [-0.15, -0.1) is 0 Å². The van der Waals surface area contributed by atoms with Gasteiger partial charge in [-0.3, -0.25) is 9.69 Å². The van der Waals surface area contributed by atoms with Gasteiger partial charge in [-0.25, -0.2) is 0 Å². The van der Waals surface area contributed by atoms with Crippen molar-refractivity contribution < 1.29 is 14.3 Å². The van der Waals surface area contributed by atoms with Crippen molar-refractivity contribution in [3.63, 3.8) is 0 Å². The minimum atomic E-state index is -0.283. The lowest BCUT2D eigenvalue weighted by Crippen LogP contribution is -2.49. The van der Waals surface area contributed by atoms with E-state index in [1.165, 1.54) is 12.7 Å². The summed E-state index contributed by atoms with van der Waals surface area (Å²) < 4.78 is 10.1. The summed E-state index contributed by atoms with van der Waals surface area (Å²) >= 11 is 0. The van der Waals surface area contributed by atoms with E-state index in [1.807, 2.05) is 18.2 Å². The van der Waals surface area contributed by atoms with Crippen LogP contribution in [0.2, 0.25) is 0 Å². The highest BCUT2D eigenvalue weighted by molar-refractivity contribution is 5.75. The Hall–Kier alpha value is -1.39. The Morgan fingerprint density at radius 3 is 2.94 bits per heavy atom. The van der Waals surface area contributed by atoms with Gasteiger partial charge in [0.1, 0.15) is 6.04 Å². The first-order valence-corrected chi connectivity index (χ1v) is 5.75. The van der Waals surface area contributed by atoms with Crippen molar-refractivity contribution >= 4 is 5.97 Å². The number of methoxy groups -OCH3 is 1. The lowest BCUT2D eigenvalue weighted by molar-refractivity contribution is -0.153. The first-order chi connectivity index (χ1) is 8.31. The van der Waals surface area contributed by atoms with Crippen LogP contribution in [-0.2, 0) is 20.8 Å². The minimum absolute atomic E-state index is 0.222. The minimum Gasteiger partial charge on any atom is -0.468 e. The number of esters is 1. The lowest BCUT2D eigenvalue weighted by atomic mass is 10.1. The van der Waals surface area contributed by atoms with Gasteiger partial charge in [-0.1, -0.05) is 30.3 Å². The SMILES string of the molecule is COC(=O)[C@H]1COCCN1Cc1ccccc1. The number of carbonyl (C=O) groups excluding carboxylic acids is 1. The number of carbonyl (C=O) groups is 1. The maximum absolute atomic E-state index is 11.6. The first kappa shape index (κ1) is 12.1. The van der Waals surface area contributed by atoms with Crippen LogP contribution in [0.5, 0.6) is 0 Å². The van der Waals surface area contributed by atoms with Gasteiger partial charge in [-0.05, 0) is 5.56 Å². The monoisotopic (exact) mass is 235 g/mol. The summed E-state index contributed by atoms with van der Waals surface area (Å²) in [6, 6.07) is 9.83. The Morgan fingerprint density at radius 2 is 2.24 bits per heavy atom. The standard InChI is InChI=1S/C13H17NO3/c1-16-13(15)12-10-17-8-7-14(12)9-11-5-3-2-4-6-11/h2-6,12H,7-10H2,1H3/t12-/m1/s1. The average molecular weight is 235 g/mol. The Balaban J connectivity index is 2.04. The van der Waals surface area contributed by atoms with Crippen molar-refractivity contribution in [1.82, 2.24) is 4.90 Å². The van der Waals surface area contributed by atoms with Crippen LogP contribution in [0.3, 0.4) is 0 Å². The number of rotatable bonds is 3. The molecule has 92 valence electrons. The third-order valence-electron chi connectivity index (χ3n) is 2.94. The normalized spacial score (nSPS) is 21.1. The van der Waals surface area contributed by atoms with E-state index in [0.29, 0.717) is 13.2 Å². The zero-order valence-corrected chi connectivity index (χ0v) is 9.96. The van der Waals surface area contributed by atoms with E-state index in [1.54, 1.807) is 0 Å². The lowest BCUT2D eigenvalue weighted by Gasteiger charge is -2.33. The van der Waals surface area contributed by atoms with Gasteiger partial charge in [0.15, 0.2) is 0 Å². The van der Waals surface area contributed by atoms with Crippen LogP contribution in [0.4, 0.5) is 0 Å². The predicted octanol–water partition coefficient (Wildman–Crippen LogP) is 1.06. The molecular weight excluding hydrogens is 218 g/mol. The van der Waals surface area contributed by atoms with Crippen molar-refractivity contribution in [2.24, 2.45) is 0 Å². The summed E-state index contributed by atoms with van der Waals surface area (Å²) in [6.45, 7) is 2.60. The zero-order valence-electron chi connectivity index (χ0n) is 9.96. The van der Waals surface area contributed by atoms with Crippen molar-refractivity contribution in [3.8, 4) is 0 Å². The fourth-order valence-corrected chi connectivity index (χ4v) is 2.00. The Morgan fingerprint density at radius 1 is 1.47 bits per heavy atom. The molecule has 0 aliphatic carbocycles. The molecule has 0 unspecified atom stereocenters. The molecule has 1 aliphatic rings. The van der Waals surface area contributed by atoms with Crippen LogP contribution in [0.1, 0.15) is 5.56 Å². The summed E-state index contributed by atoms with van der Waals surface area (Å²) in [5.74, 6) is -0.222. The van der Waals surface area contributed by atoms with Gasteiger partial charge < -0.3 is 9.47 Å². The van der Waals surface area contributed by atoms with Crippen LogP contribution in [0.15, 0.2) is 30.3 Å². The molecule has 0 amide bonds. The molecule has 0 aromatic heterocycles. The van der Waals surface area contributed by atoms with Gasteiger partial charge in [0.2, 0.25) is 0 Å². The van der Waals surface area contributed by atoms with Crippen molar-refractivity contribution in [3.05, 3.63) is 35.9 Å². The molecule has 1 atom stereocenters. The zero-order chi connectivity index (χ0) is 12.1. The molecule has 4 heteroatoms. The van der Waals surface area contributed by atoms with Crippen LogP contribution < -0.4 is 0 Å². The first-order valence-electron chi connectivity index (χ1n) is 5.75. The van der Waals surface area contributed by atoms with Gasteiger partial charge >= 0.3 is 5.97 Å². The van der Waals surface area contributed by atoms with Crippen molar-refractivity contribution in [2.45, 2.75) is 12.6 Å². The number of morpholine rings is 1. The molecule has 0 N–H and O–H groups in total. The Kier molecular flexibility index (Phi) is 4.12. The van der Waals surface area contributed by atoms with E-state index in [-0.39, 0.29) is 12.0 Å². The highest BCUT2D eigenvalue weighted by Crippen LogP contribution is 2.13. The molecule has 0 radical (unpaired) electrons. The van der Waals surface area contributed by atoms with Gasteiger partial charge in [0.05, 0.1) is 20.3 Å². The van der Waals surface area contributed by atoms with E-state index in [0.717, 1.165) is 13.1 Å². The fraction of sp³-hybridized carbons (Fsp3) is 0.462. The molecule has 2 rings (SSSR count). The smallest absolute Gasteiger partial charge is 0.325 e. The summed E-state index contributed by atoms with van der Waals surface area (Å²) in [4.78, 5) is 13.7. The molecule has 1 saturated heterocycles. The third kappa shape index (κ3) is 3.05. The third-order valence-corrected chi connectivity index (χ3v) is 2.94. The maximum atomic E-state index is 11.6. The van der Waals surface area contributed by atoms with E-state index in [4.69, 9.17) is 9.47 Å². The van der Waals surface area contributed by atoms with Crippen molar-refractivity contribution in [2.75, 3.05) is 26.9 Å². The molecule has 1 fully saturated rings. The van der Waals surface area contributed by atoms with Crippen LogP contribution >= 0.6 is 0 Å². The maximum Gasteiger partial charge on any atom is 0.325 e. The largest absolute Gasteiger partial charge is 0.468 e. The van der Waals surface area contributed by atoms with Crippen LogP contribution in [0, 0.1) is 0 Å². The summed E-state index contributed by atoms with van der Waals surface area (Å²) in [5.41, 5.74) is 1.20. The van der Waals surface area contributed by atoms with E-state index in [2.05, 4.69) is 17.0 Å².